The zero-order valence-corrected chi connectivity index (χ0v) is 21.4. The van der Waals surface area contributed by atoms with Crippen LogP contribution in [-0.4, -0.2) is 62.0 Å². The number of hydrogen-bond donors (Lipinski definition) is 1. The lowest BCUT2D eigenvalue weighted by Crippen LogP contribution is -2.41. The molecule has 10 heteroatoms. The van der Waals surface area contributed by atoms with Crippen molar-refractivity contribution in [1.82, 2.24) is 24.6 Å². The lowest BCUT2D eigenvalue weighted by molar-refractivity contribution is -0.151. The average molecular weight is 524 g/mol. The molecule has 0 aliphatic carbocycles. The molecule has 36 heavy (non-hydrogen) atoms. The zero-order chi connectivity index (χ0) is 25.1. The number of carbonyl (C=O) groups is 2. The molecule has 1 amide bonds. The van der Waals surface area contributed by atoms with E-state index in [9.17, 15) is 9.59 Å². The molecule has 1 saturated heterocycles. The molecule has 186 valence electrons. The molecular formula is C26H26ClN5O3S. The summed E-state index contributed by atoms with van der Waals surface area (Å²) in [6.45, 7) is 3.28. The molecule has 0 bridgehead atoms. The number of halogens is 1. The van der Waals surface area contributed by atoms with Gasteiger partial charge in [0.05, 0.1) is 18.3 Å². The van der Waals surface area contributed by atoms with E-state index in [1.165, 1.54) is 11.8 Å². The number of thioether (sulfide) groups is 1. The van der Waals surface area contributed by atoms with Crippen molar-refractivity contribution in [2.75, 3.05) is 25.4 Å². The number of likely N-dealkylation sites (tertiary alicyclic amines) is 1. The monoisotopic (exact) mass is 523 g/mol. The Morgan fingerprint density at radius 2 is 1.86 bits per heavy atom. The van der Waals surface area contributed by atoms with Crippen LogP contribution in [0.15, 0.2) is 59.9 Å². The van der Waals surface area contributed by atoms with Gasteiger partial charge in [0.1, 0.15) is 0 Å². The molecule has 1 N–H and O–H groups in total. The van der Waals surface area contributed by atoms with E-state index in [2.05, 4.69) is 15.2 Å². The van der Waals surface area contributed by atoms with Gasteiger partial charge < -0.3 is 14.6 Å². The van der Waals surface area contributed by atoms with Crippen LogP contribution in [0.3, 0.4) is 0 Å². The Hall–Kier alpha value is -3.30. The predicted octanol–water partition coefficient (Wildman–Crippen LogP) is 4.96. The fourth-order valence-corrected chi connectivity index (χ4v) is 5.44. The molecule has 0 unspecified atom stereocenters. The maximum absolute atomic E-state index is 13.0. The van der Waals surface area contributed by atoms with Gasteiger partial charge in [-0.2, -0.15) is 0 Å². The molecule has 0 spiro atoms. The first-order valence-corrected chi connectivity index (χ1v) is 13.3. The highest BCUT2D eigenvalue weighted by molar-refractivity contribution is 7.99. The summed E-state index contributed by atoms with van der Waals surface area (Å²) in [5.74, 6) is 0.624. The molecule has 0 radical (unpaired) electrons. The van der Waals surface area contributed by atoms with Crippen molar-refractivity contribution < 1.29 is 14.3 Å². The number of nitrogens with one attached hydrogen (secondary N) is 1. The smallest absolute Gasteiger partial charge is 0.309 e. The number of aromatic amines is 1. The van der Waals surface area contributed by atoms with Crippen molar-refractivity contribution in [3.05, 3.63) is 59.8 Å². The van der Waals surface area contributed by atoms with E-state index in [0.717, 1.165) is 22.2 Å². The number of benzene rings is 2. The molecule has 0 saturated carbocycles. The van der Waals surface area contributed by atoms with E-state index >= 15 is 0 Å². The van der Waals surface area contributed by atoms with Crippen molar-refractivity contribution in [2.24, 2.45) is 5.92 Å². The summed E-state index contributed by atoms with van der Waals surface area (Å²) in [6.07, 6.45) is 3.18. The number of ether oxygens (including phenoxy) is 1. The highest BCUT2D eigenvalue weighted by Crippen LogP contribution is 2.33. The molecule has 1 aliphatic heterocycles. The molecular weight excluding hydrogens is 498 g/mol. The van der Waals surface area contributed by atoms with Gasteiger partial charge in [-0.25, -0.2) is 0 Å². The number of esters is 1. The van der Waals surface area contributed by atoms with Gasteiger partial charge in [-0.05, 0) is 50.1 Å². The number of rotatable bonds is 7. The number of H-pyrrole nitrogens is 1. The van der Waals surface area contributed by atoms with Gasteiger partial charge >= 0.3 is 5.97 Å². The van der Waals surface area contributed by atoms with E-state index in [1.54, 1.807) is 6.92 Å². The Bertz CT molecular complexity index is 1380. The number of hydrogen-bond acceptors (Lipinski definition) is 6. The minimum absolute atomic E-state index is 0.0154. The van der Waals surface area contributed by atoms with E-state index in [4.69, 9.17) is 16.3 Å². The van der Waals surface area contributed by atoms with Gasteiger partial charge in [0.25, 0.3) is 0 Å². The summed E-state index contributed by atoms with van der Waals surface area (Å²) in [5.41, 5.74) is 2.79. The predicted molar refractivity (Wildman–Crippen MR) is 140 cm³/mol. The van der Waals surface area contributed by atoms with Crippen LogP contribution in [0, 0.1) is 5.92 Å². The molecule has 8 nitrogen and oxygen atoms in total. The quantitative estimate of drug-likeness (QED) is 0.272. The van der Waals surface area contributed by atoms with Crippen LogP contribution in [0.1, 0.15) is 19.8 Å². The normalized spacial score (nSPS) is 14.3. The Morgan fingerprint density at radius 3 is 2.61 bits per heavy atom. The average Bonchev–Trinajstić information content (AvgIpc) is 3.52. The van der Waals surface area contributed by atoms with Gasteiger partial charge in [0.2, 0.25) is 5.91 Å². The topological polar surface area (TPSA) is 93.1 Å². The fraction of sp³-hybridized carbons (Fsp3) is 0.308. The third-order valence-electron chi connectivity index (χ3n) is 6.34. The maximum atomic E-state index is 13.0. The Labute approximate surface area is 218 Å². The number of fused-ring (bicyclic) bond motifs is 1. The third-order valence-corrected chi connectivity index (χ3v) is 7.51. The first-order chi connectivity index (χ1) is 17.5. The van der Waals surface area contributed by atoms with Crippen LogP contribution in [-0.2, 0) is 14.3 Å². The summed E-state index contributed by atoms with van der Waals surface area (Å²) in [4.78, 5) is 30.1. The second kappa shape index (κ2) is 10.8. The number of piperidine rings is 1. The summed E-state index contributed by atoms with van der Waals surface area (Å²) >= 11 is 7.49. The largest absolute Gasteiger partial charge is 0.466 e. The highest BCUT2D eigenvalue weighted by Gasteiger charge is 2.28. The maximum Gasteiger partial charge on any atom is 0.309 e. The molecule has 0 atom stereocenters. The standard InChI is InChI=1S/C26H26ClN5O3S/c1-2-35-25(34)17-11-13-31(14-12-17)23(33)16-36-26-30-29-24(32(26)19-9-7-18(27)8-10-19)21-15-28-22-6-4-3-5-20(21)22/h3-10,15,17,28H,2,11-14,16H2,1H3. The van der Waals surface area contributed by atoms with Crippen molar-refractivity contribution in [1.29, 1.82) is 0 Å². The minimum atomic E-state index is -0.167. The van der Waals surface area contributed by atoms with Crippen LogP contribution in [0.4, 0.5) is 0 Å². The Balaban J connectivity index is 1.36. The SMILES string of the molecule is CCOC(=O)C1CCN(C(=O)CSc2nnc(-c3c[nH]c4ccccc34)n2-c2ccc(Cl)cc2)CC1. The van der Waals surface area contributed by atoms with Gasteiger partial charge in [0, 0.05) is 46.5 Å². The van der Waals surface area contributed by atoms with E-state index < -0.39 is 0 Å². The number of nitrogens with zero attached hydrogens (tertiary/aromatic N) is 4. The number of carbonyl (C=O) groups excluding carboxylic acids is 2. The minimum Gasteiger partial charge on any atom is -0.466 e. The molecule has 1 fully saturated rings. The molecule has 2 aromatic carbocycles. The van der Waals surface area contributed by atoms with Gasteiger partial charge in [-0.15, -0.1) is 10.2 Å². The fourth-order valence-electron chi connectivity index (χ4n) is 4.46. The molecule has 4 aromatic rings. The number of amides is 1. The zero-order valence-electron chi connectivity index (χ0n) is 19.8. The molecule has 3 heterocycles. The Morgan fingerprint density at radius 1 is 1.11 bits per heavy atom. The molecule has 1 aliphatic rings. The van der Waals surface area contributed by atoms with E-state index in [1.807, 2.05) is 64.2 Å². The van der Waals surface area contributed by atoms with Crippen LogP contribution in [0.5, 0.6) is 0 Å². The summed E-state index contributed by atoms with van der Waals surface area (Å²) in [6, 6.07) is 15.5. The van der Waals surface area contributed by atoms with Crippen LogP contribution in [0.2, 0.25) is 5.02 Å². The molecule has 5 rings (SSSR count). The first kappa shape index (κ1) is 24.4. The van der Waals surface area contributed by atoms with E-state index in [-0.39, 0.29) is 23.5 Å². The van der Waals surface area contributed by atoms with Crippen LogP contribution >= 0.6 is 23.4 Å². The van der Waals surface area contributed by atoms with Gasteiger partial charge in [0.15, 0.2) is 11.0 Å². The van der Waals surface area contributed by atoms with Crippen molar-refractivity contribution in [2.45, 2.75) is 24.9 Å². The second-order valence-corrected chi connectivity index (χ2v) is 9.94. The van der Waals surface area contributed by atoms with Crippen molar-refractivity contribution in [3.8, 4) is 17.1 Å². The second-order valence-electron chi connectivity index (χ2n) is 8.56. The van der Waals surface area contributed by atoms with E-state index in [0.29, 0.717) is 48.5 Å². The lowest BCUT2D eigenvalue weighted by atomic mass is 9.97. The lowest BCUT2D eigenvalue weighted by Gasteiger charge is -2.30. The van der Waals surface area contributed by atoms with Crippen LogP contribution < -0.4 is 0 Å². The van der Waals surface area contributed by atoms with Crippen molar-refractivity contribution in [3.63, 3.8) is 0 Å². The number of aromatic nitrogens is 4. The summed E-state index contributed by atoms with van der Waals surface area (Å²) < 4.78 is 7.08. The summed E-state index contributed by atoms with van der Waals surface area (Å²) in [5, 5.41) is 11.2. The van der Waals surface area contributed by atoms with Gasteiger partial charge in [-0.1, -0.05) is 41.6 Å². The third kappa shape index (κ3) is 4.99. The summed E-state index contributed by atoms with van der Waals surface area (Å²) in [7, 11) is 0. The molecule has 2 aromatic heterocycles. The number of para-hydroxylation sites is 1. The van der Waals surface area contributed by atoms with Crippen molar-refractivity contribution >= 4 is 46.1 Å². The highest BCUT2D eigenvalue weighted by atomic mass is 35.5. The first-order valence-electron chi connectivity index (χ1n) is 11.9. The Kier molecular flexibility index (Phi) is 7.29. The van der Waals surface area contributed by atoms with Gasteiger partial charge in [-0.3, -0.25) is 14.2 Å². The van der Waals surface area contributed by atoms with Crippen LogP contribution in [0.25, 0.3) is 28.0 Å².